The number of imidazole rings is 1. The molecular formula is C23H28N4O2S. The summed E-state index contributed by atoms with van der Waals surface area (Å²) in [5.74, 6) is 3.64. The molecule has 1 aliphatic carbocycles. The van der Waals surface area contributed by atoms with Gasteiger partial charge in [0, 0.05) is 36.6 Å². The zero-order valence-corrected chi connectivity index (χ0v) is 18.7. The summed E-state index contributed by atoms with van der Waals surface area (Å²) in [7, 11) is 0. The third-order valence-corrected chi connectivity index (χ3v) is 6.52. The Morgan fingerprint density at radius 1 is 1.23 bits per heavy atom. The van der Waals surface area contributed by atoms with E-state index in [4.69, 9.17) is 19.4 Å². The van der Waals surface area contributed by atoms with Gasteiger partial charge in [0.05, 0.1) is 0 Å². The fraction of sp³-hybridized carbons (Fsp3) is 0.478. The van der Waals surface area contributed by atoms with E-state index in [9.17, 15) is 0 Å². The summed E-state index contributed by atoms with van der Waals surface area (Å²) >= 11 is 1.71. The van der Waals surface area contributed by atoms with E-state index >= 15 is 0 Å². The van der Waals surface area contributed by atoms with Crippen molar-refractivity contribution in [1.29, 1.82) is 0 Å². The molecule has 30 heavy (non-hydrogen) atoms. The van der Waals surface area contributed by atoms with Gasteiger partial charge in [-0.25, -0.2) is 4.98 Å². The highest BCUT2D eigenvalue weighted by Crippen LogP contribution is 2.41. The minimum absolute atomic E-state index is 0.576. The molecule has 0 unspecified atom stereocenters. The second-order valence-corrected chi connectivity index (χ2v) is 8.86. The molecule has 0 saturated heterocycles. The first kappa shape index (κ1) is 19.5. The Kier molecular flexibility index (Phi) is 5.23. The highest BCUT2D eigenvalue weighted by atomic mass is 32.2. The first-order valence-corrected chi connectivity index (χ1v) is 12.0. The summed E-state index contributed by atoms with van der Waals surface area (Å²) in [5.41, 5.74) is 3.87. The largest absolute Gasteiger partial charge is 0.486 e. The van der Waals surface area contributed by atoms with E-state index in [0.29, 0.717) is 13.2 Å². The van der Waals surface area contributed by atoms with Crippen molar-refractivity contribution in [3.05, 3.63) is 30.1 Å². The van der Waals surface area contributed by atoms with Crippen LogP contribution in [0.4, 0.5) is 5.82 Å². The summed E-state index contributed by atoms with van der Waals surface area (Å²) in [4.78, 5) is 12.3. The monoisotopic (exact) mass is 424 g/mol. The Hall–Kier alpha value is -2.41. The van der Waals surface area contributed by atoms with E-state index in [1.54, 1.807) is 11.8 Å². The van der Waals surface area contributed by atoms with Gasteiger partial charge in [-0.1, -0.05) is 6.92 Å². The average molecular weight is 425 g/mol. The van der Waals surface area contributed by atoms with Crippen LogP contribution in [0.15, 0.2) is 29.6 Å². The summed E-state index contributed by atoms with van der Waals surface area (Å²) in [5, 5.41) is 1.06. The summed E-state index contributed by atoms with van der Waals surface area (Å²) in [6.07, 6.45) is 9.84. The Bertz CT molecular complexity index is 1080. The minimum atomic E-state index is 0.576. The van der Waals surface area contributed by atoms with Crippen molar-refractivity contribution in [2.45, 2.75) is 38.1 Å². The van der Waals surface area contributed by atoms with Crippen LogP contribution in [0.3, 0.4) is 0 Å². The number of thioether (sulfide) groups is 1. The Morgan fingerprint density at radius 2 is 2.07 bits per heavy atom. The molecule has 2 aliphatic rings. The molecule has 0 bridgehead atoms. The van der Waals surface area contributed by atoms with Crippen LogP contribution >= 0.6 is 11.8 Å². The molecule has 6 nitrogen and oxygen atoms in total. The Morgan fingerprint density at radius 3 is 2.83 bits per heavy atom. The van der Waals surface area contributed by atoms with E-state index in [1.807, 2.05) is 18.5 Å². The number of hydrogen-bond acceptors (Lipinski definition) is 6. The lowest BCUT2D eigenvalue weighted by Gasteiger charge is -2.24. The van der Waals surface area contributed by atoms with Crippen LogP contribution in [-0.2, 0) is 0 Å². The maximum absolute atomic E-state index is 5.91. The topological polar surface area (TPSA) is 51.9 Å². The predicted octanol–water partition coefficient (Wildman–Crippen LogP) is 4.82. The molecule has 1 aromatic carbocycles. The lowest BCUT2D eigenvalue weighted by molar-refractivity contribution is 0.170. The van der Waals surface area contributed by atoms with Gasteiger partial charge in [-0.2, -0.15) is 0 Å². The molecule has 2 aromatic heterocycles. The van der Waals surface area contributed by atoms with Gasteiger partial charge in [0.15, 0.2) is 17.1 Å². The van der Waals surface area contributed by atoms with Crippen molar-refractivity contribution in [3.8, 4) is 22.8 Å². The van der Waals surface area contributed by atoms with Gasteiger partial charge in [0.1, 0.15) is 29.8 Å². The Labute approximate surface area is 181 Å². The van der Waals surface area contributed by atoms with Crippen molar-refractivity contribution in [2.75, 3.05) is 37.5 Å². The SMILES string of the molecule is CCCN(CC1CC1)c1c(SC)nc2c(-c3ccc4c(c3C)OCCO4)nccn12. The zero-order valence-electron chi connectivity index (χ0n) is 17.9. The lowest BCUT2D eigenvalue weighted by atomic mass is 10.0. The van der Waals surface area contributed by atoms with Gasteiger partial charge >= 0.3 is 0 Å². The molecule has 158 valence electrons. The molecular weight excluding hydrogens is 396 g/mol. The molecule has 0 amide bonds. The number of nitrogens with zero attached hydrogens (tertiary/aromatic N) is 4. The quantitative estimate of drug-likeness (QED) is 0.507. The number of aromatic nitrogens is 3. The van der Waals surface area contributed by atoms with E-state index in [0.717, 1.165) is 64.4 Å². The number of hydrogen-bond donors (Lipinski definition) is 0. The van der Waals surface area contributed by atoms with Crippen molar-refractivity contribution < 1.29 is 9.47 Å². The number of anilines is 1. The van der Waals surface area contributed by atoms with Crippen molar-refractivity contribution in [2.24, 2.45) is 5.92 Å². The number of fused-ring (bicyclic) bond motifs is 2. The van der Waals surface area contributed by atoms with E-state index in [1.165, 1.54) is 18.7 Å². The van der Waals surface area contributed by atoms with Gasteiger partial charge in [0.2, 0.25) is 0 Å². The maximum Gasteiger partial charge on any atom is 0.166 e. The molecule has 5 rings (SSSR count). The van der Waals surface area contributed by atoms with Gasteiger partial charge in [-0.15, -0.1) is 11.8 Å². The first-order chi connectivity index (χ1) is 14.7. The van der Waals surface area contributed by atoms with Crippen molar-refractivity contribution in [3.63, 3.8) is 0 Å². The molecule has 0 atom stereocenters. The average Bonchev–Trinajstić information content (AvgIpc) is 3.50. The fourth-order valence-electron chi connectivity index (χ4n) is 4.24. The van der Waals surface area contributed by atoms with Crippen LogP contribution in [-0.4, -0.2) is 46.9 Å². The fourth-order valence-corrected chi connectivity index (χ4v) is 4.82. The standard InChI is InChI=1S/C23H28N4O2S/c1-4-10-26(14-16-5-6-16)23-22(30-3)25-21-19(24-9-11-27(21)23)17-7-8-18-20(15(17)2)29-13-12-28-18/h7-9,11,16H,4-6,10,12-14H2,1-3H3. The normalized spacial score (nSPS) is 15.6. The van der Waals surface area contributed by atoms with Crippen molar-refractivity contribution in [1.82, 2.24) is 14.4 Å². The highest BCUT2D eigenvalue weighted by Gasteiger charge is 2.28. The van der Waals surface area contributed by atoms with Crippen LogP contribution in [0.1, 0.15) is 31.7 Å². The molecule has 0 N–H and O–H groups in total. The molecule has 3 heterocycles. The molecule has 0 radical (unpaired) electrons. The Balaban J connectivity index is 1.65. The van der Waals surface area contributed by atoms with Crippen LogP contribution in [0.2, 0.25) is 0 Å². The second-order valence-electron chi connectivity index (χ2n) is 8.07. The minimum Gasteiger partial charge on any atom is -0.486 e. The second kappa shape index (κ2) is 8.02. The lowest BCUT2D eigenvalue weighted by Crippen LogP contribution is -2.28. The van der Waals surface area contributed by atoms with Crippen molar-refractivity contribution >= 4 is 23.2 Å². The van der Waals surface area contributed by atoms with Gasteiger partial charge in [-0.05, 0) is 50.5 Å². The molecule has 7 heteroatoms. The smallest absolute Gasteiger partial charge is 0.166 e. The maximum atomic E-state index is 5.91. The van der Waals surface area contributed by atoms with Gasteiger partial charge < -0.3 is 14.4 Å². The summed E-state index contributed by atoms with van der Waals surface area (Å²) < 4.78 is 13.9. The summed E-state index contributed by atoms with van der Waals surface area (Å²) in [6, 6.07) is 4.06. The number of rotatable bonds is 7. The highest BCUT2D eigenvalue weighted by molar-refractivity contribution is 7.98. The molecule has 1 saturated carbocycles. The molecule has 3 aromatic rings. The molecule has 1 fully saturated rings. The van der Waals surface area contributed by atoms with Crippen LogP contribution in [0, 0.1) is 12.8 Å². The van der Waals surface area contributed by atoms with Crippen LogP contribution in [0.5, 0.6) is 11.5 Å². The van der Waals surface area contributed by atoms with E-state index < -0.39 is 0 Å². The molecule has 1 aliphatic heterocycles. The van der Waals surface area contributed by atoms with Gasteiger partial charge in [0.25, 0.3) is 0 Å². The third kappa shape index (κ3) is 3.39. The van der Waals surface area contributed by atoms with Crippen LogP contribution in [0.25, 0.3) is 16.9 Å². The van der Waals surface area contributed by atoms with Crippen LogP contribution < -0.4 is 14.4 Å². The first-order valence-electron chi connectivity index (χ1n) is 10.8. The predicted molar refractivity (Wildman–Crippen MR) is 121 cm³/mol. The number of benzene rings is 1. The van der Waals surface area contributed by atoms with E-state index in [-0.39, 0.29) is 0 Å². The van der Waals surface area contributed by atoms with E-state index in [2.05, 4.69) is 35.5 Å². The summed E-state index contributed by atoms with van der Waals surface area (Å²) in [6.45, 7) is 7.63. The third-order valence-electron chi connectivity index (χ3n) is 5.86. The van der Waals surface area contributed by atoms with Gasteiger partial charge in [-0.3, -0.25) is 9.38 Å². The molecule has 0 spiro atoms. The number of ether oxygens (including phenoxy) is 2. The zero-order chi connectivity index (χ0) is 20.7.